The molecule has 0 saturated heterocycles. The van der Waals surface area contributed by atoms with Crippen molar-refractivity contribution < 1.29 is 27.5 Å². The van der Waals surface area contributed by atoms with Crippen LogP contribution in [0.2, 0.25) is 0 Å². The molecule has 26 heavy (non-hydrogen) atoms. The molecule has 0 aliphatic carbocycles. The Morgan fingerprint density at radius 1 is 1.04 bits per heavy atom. The molecule has 4 nitrogen and oxygen atoms in total. The Morgan fingerprint density at radius 3 is 2.31 bits per heavy atom. The first-order chi connectivity index (χ1) is 12.4. The summed E-state index contributed by atoms with van der Waals surface area (Å²) in [6, 6.07) is 8.90. The van der Waals surface area contributed by atoms with Crippen molar-refractivity contribution in [3.63, 3.8) is 0 Å². The van der Waals surface area contributed by atoms with E-state index in [-0.39, 0.29) is 10.3 Å². The molecule has 0 spiro atoms. The van der Waals surface area contributed by atoms with Crippen LogP contribution >= 0.6 is 11.3 Å². The summed E-state index contributed by atoms with van der Waals surface area (Å²) >= 11 is 1.02. The Bertz CT molecular complexity index is 982. The van der Waals surface area contributed by atoms with Crippen molar-refractivity contribution in [2.24, 2.45) is 0 Å². The lowest BCUT2D eigenvalue weighted by molar-refractivity contribution is -0.123. The van der Waals surface area contributed by atoms with E-state index in [1.54, 1.807) is 6.07 Å². The molecule has 0 unspecified atom stereocenters. The quantitative estimate of drug-likeness (QED) is 0.679. The molecular formula is C18H12F3NO3S. The third-order valence-corrected chi connectivity index (χ3v) is 4.65. The highest BCUT2D eigenvalue weighted by atomic mass is 32.1. The van der Waals surface area contributed by atoms with Gasteiger partial charge in [0.2, 0.25) is 0 Å². The molecular weight excluding hydrogens is 367 g/mol. The Labute approximate surface area is 150 Å². The third-order valence-electron chi connectivity index (χ3n) is 3.57. The molecule has 8 heteroatoms. The number of nitrogens with one attached hydrogen (secondary N) is 1. The largest absolute Gasteiger partial charge is 0.448 e. The predicted molar refractivity (Wildman–Crippen MR) is 91.6 cm³/mol. The summed E-state index contributed by atoms with van der Waals surface area (Å²) in [7, 11) is 0. The number of carbonyl (C=O) groups is 2. The average Bonchev–Trinajstić information content (AvgIpc) is 3.04. The van der Waals surface area contributed by atoms with Crippen molar-refractivity contribution in [2.75, 3.05) is 5.32 Å². The zero-order chi connectivity index (χ0) is 18.8. The van der Waals surface area contributed by atoms with Gasteiger partial charge in [-0.3, -0.25) is 4.79 Å². The van der Waals surface area contributed by atoms with Crippen LogP contribution < -0.4 is 5.32 Å². The van der Waals surface area contributed by atoms with Crippen molar-refractivity contribution in [3.8, 4) is 0 Å². The van der Waals surface area contributed by atoms with E-state index in [0.717, 1.165) is 29.5 Å². The van der Waals surface area contributed by atoms with Crippen LogP contribution in [0, 0.1) is 17.5 Å². The number of esters is 1. The average molecular weight is 379 g/mol. The van der Waals surface area contributed by atoms with Crippen LogP contribution in [0.4, 0.5) is 18.9 Å². The van der Waals surface area contributed by atoms with E-state index in [9.17, 15) is 22.8 Å². The molecule has 1 heterocycles. The molecule has 0 fully saturated rings. The fourth-order valence-electron chi connectivity index (χ4n) is 2.24. The molecule has 0 saturated carbocycles. The molecule has 0 radical (unpaired) electrons. The maximum Gasteiger partial charge on any atom is 0.349 e. The minimum atomic E-state index is -1.31. The molecule has 1 aromatic heterocycles. The fourth-order valence-corrected chi connectivity index (χ4v) is 3.20. The SMILES string of the molecule is C[C@H](OC(=O)c1cc2c(F)cccc2s1)C(=O)Nc1c(F)cccc1F. The first kappa shape index (κ1) is 17.9. The van der Waals surface area contributed by atoms with E-state index in [4.69, 9.17) is 4.74 Å². The van der Waals surface area contributed by atoms with Gasteiger partial charge in [-0.15, -0.1) is 11.3 Å². The van der Waals surface area contributed by atoms with Gasteiger partial charge in [-0.2, -0.15) is 0 Å². The van der Waals surface area contributed by atoms with Gasteiger partial charge in [-0.1, -0.05) is 12.1 Å². The third kappa shape index (κ3) is 3.55. The number of rotatable bonds is 4. The van der Waals surface area contributed by atoms with Crippen LogP contribution in [-0.2, 0) is 9.53 Å². The Morgan fingerprint density at radius 2 is 1.65 bits per heavy atom. The van der Waals surface area contributed by atoms with Crippen LogP contribution in [0.5, 0.6) is 0 Å². The molecule has 1 N–H and O–H groups in total. The first-order valence-corrected chi connectivity index (χ1v) is 8.32. The standard InChI is InChI=1S/C18H12F3NO3S/c1-9(17(23)22-16-12(20)5-2-6-13(16)21)25-18(24)15-8-10-11(19)4-3-7-14(10)26-15/h2-9H,1H3,(H,22,23)/t9-/m0/s1. The second-order valence-electron chi connectivity index (χ2n) is 5.40. The molecule has 3 rings (SSSR count). The van der Waals surface area contributed by atoms with Gasteiger partial charge in [0.1, 0.15) is 28.0 Å². The molecule has 0 bridgehead atoms. The summed E-state index contributed by atoms with van der Waals surface area (Å²) in [5.74, 6) is -4.09. The van der Waals surface area contributed by atoms with Gasteiger partial charge in [-0.25, -0.2) is 18.0 Å². The lowest BCUT2D eigenvalue weighted by atomic mass is 10.2. The number of para-hydroxylation sites is 1. The summed E-state index contributed by atoms with van der Waals surface area (Å²) in [6.45, 7) is 1.26. The first-order valence-electron chi connectivity index (χ1n) is 7.50. The number of hydrogen-bond acceptors (Lipinski definition) is 4. The van der Waals surface area contributed by atoms with Crippen molar-refractivity contribution in [1.82, 2.24) is 0 Å². The zero-order valence-electron chi connectivity index (χ0n) is 13.4. The molecule has 134 valence electrons. The van der Waals surface area contributed by atoms with Crippen LogP contribution in [0.25, 0.3) is 10.1 Å². The highest BCUT2D eigenvalue weighted by Crippen LogP contribution is 2.28. The smallest absolute Gasteiger partial charge is 0.349 e. The summed E-state index contributed by atoms with van der Waals surface area (Å²) < 4.78 is 46.4. The predicted octanol–water partition coefficient (Wildman–Crippen LogP) is 4.50. The van der Waals surface area contributed by atoms with Gasteiger partial charge in [-0.05, 0) is 37.3 Å². The zero-order valence-corrected chi connectivity index (χ0v) is 14.2. The minimum absolute atomic E-state index is 0.113. The topological polar surface area (TPSA) is 55.4 Å². The van der Waals surface area contributed by atoms with Gasteiger partial charge in [0.05, 0.1) is 0 Å². The number of hydrogen-bond donors (Lipinski definition) is 1. The van der Waals surface area contributed by atoms with Crippen molar-refractivity contribution in [2.45, 2.75) is 13.0 Å². The summed E-state index contributed by atoms with van der Waals surface area (Å²) in [5, 5.41) is 2.32. The number of thiophene rings is 1. The van der Waals surface area contributed by atoms with E-state index >= 15 is 0 Å². The summed E-state index contributed by atoms with van der Waals surface area (Å²) in [5.41, 5.74) is -0.621. The number of fused-ring (bicyclic) bond motifs is 1. The van der Waals surface area contributed by atoms with Gasteiger partial charge in [0.15, 0.2) is 6.10 Å². The molecule has 0 aliphatic heterocycles. The maximum absolute atomic E-state index is 13.7. The van der Waals surface area contributed by atoms with Crippen molar-refractivity contribution in [3.05, 3.63) is 64.8 Å². The Balaban J connectivity index is 1.72. The van der Waals surface area contributed by atoms with Crippen LogP contribution in [-0.4, -0.2) is 18.0 Å². The van der Waals surface area contributed by atoms with Crippen molar-refractivity contribution in [1.29, 1.82) is 0 Å². The number of carbonyl (C=O) groups excluding carboxylic acids is 2. The molecule has 0 aliphatic rings. The van der Waals surface area contributed by atoms with Gasteiger partial charge in [0.25, 0.3) is 5.91 Å². The highest BCUT2D eigenvalue weighted by molar-refractivity contribution is 7.20. The molecule has 1 amide bonds. The van der Waals surface area contributed by atoms with Crippen LogP contribution in [0.15, 0.2) is 42.5 Å². The van der Waals surface area contributed by atoms with Crippen LogP contribution in [0.3, 0.4) is 0 Å². The highest BCUT2D eigenvalue weighted by Gasteiger charge is 2.23. The van der Waals surface area contributed by atoms with E-state index in [2.05, 4.69) is 0 Å². The van der Waals surface area contributed by atoms with Gasteiger partial charge < -0.3 is 10.1 Å². The van der Waals surface area contributed by atoms with Crippen LogP contribution in [0.1, 0.15) is 16.6 Å². The second kappa shape index (κ2) is 7.17. The lowest BCUT2D eigenvalue weighted by Crippen LogP contribution is -2.30. The van der Waals surface area contributed by atoms with E-state index in [0.29, 0.717) is 4.70 Å². The Hall–Kier alpha value is -2.87. The number of amides is 1. The monoisotopic (exact) mass is 379 g/mol. The van der Waals surface area contributed by atoms with E-state index in [1.165, 1.54) is 25.1 Å². The normalized spacial score (nSPS) is 12.0. The number of ether oxygens (including phenoxy) is 1. The number of anilines is 1. The molecule has 1 atom stereocenters. The number of benzene rings is 2. The summed E-state index contributed by atoms with van der Waals surface area (Å²) in [6.07, 6.45) is -1.31. The fraction of sp³-hybridized carbons (Fsp3) is 0.111. The maximum atomic E-state index is 13.7. The molecule has 2 aromatic carbocycles. The Kier molecular flexibility index (Phi) is 4.94. The number of halogens is 3. The minimum Gasteiger partial charge on any atom is -0.448 e. The van der Waals surface area contributed by atoms with Gasteiger partial charge in [0, 0.05) is 10.1 Å². The van der Waals surface area contributed by atoms with E-state index < -0.39 is 41.1 Å². The second-order valence-corrected chi connectivity index (χ2v) is 6.48. The van der Waals surface area contributed by atoms with Gasteiger partial charge >= 0.3 is 5.97 Å². The molecule has 3 aromatic rings. The van der Waals surface area contributed by atoms with E-state index in [1.807, 2.05) is 5.32 Å². The van der Waals surface area contributed by atoms with Crippen molar-refractivity contribution >= 4 is 39.0 Å². The lowest BCUT2D eigenvalue weighted by Gasteiger charge is -2.13. The summed E-state index contributed by atoms with van der Waals surface area (Å²) in [4.78, 5) is 24.3.